The summed E-state index contributed by atoms with van der Waals surface area (Å²) in [5.74, 6) is 0. The Hall–Kier alpha value is -0.0105. The molecular formula is C5H8CuO2. The zero-order valence-corrected chi connectivity index (χ0v) is 5.34. The molecule has 0 amide bonds. The Kier molecular flexibility index (Phi) is 3.92. The summed E-state index contributed by atoms with van der Waals surface area (Å²) in [7, 11) is 0. The minimum Gasteiger partial charge on any atom is -0.465 e. The molecule has 51 valence electrons. The summed E-state index contributed by atoms with van der Waals surface area (Å²) < 4.78 is 4.60. The second kappa shape index (κ2) is 3.93. The molecule has 0 unspecified atom stereocenters. The molecule has 1 fully saturated rings. The van der Waals surface area contributed by atoms with Crippen LogP contribution in [-0.2, 0) is 26.6 Å². The first kappa shape index (κ1) is 7.99. The van der Waals surface area contributed by atoms with Crippen molar-refractivity contribution in [2.45, 2.75) is 25.4 Å². The largest absolute Gasteiger partial charge is 0.465 e. The average Bonchev–Trinajstić information content (AvgIpc) is 1.55. The van der Waals surface area contributed by atoms with Crippen LogP contribution in [0, 0.1) is 0 Å². The molecular weight excluding hydrogens is 156 g/mol. The third-order valence-corrected chi connectivity index (χ3v) is 1.30. The number of ether oxygens (including phenoxy) is 1. The van der Waals surface area contributed by atoms with E-state index in [4.69, 9.17) is 0 Å². The number of carbonyl (C=O) groups is 1. The fourth-order valence-corrected chi connectivity index (χ4v) is 0.585. The Bertz CT molecular complexity index is 70.8. The van der Waals surface area contributed by atoms with Crippen molar-refractivity contribution in [2.24, 2.45) is 0 Å². The molecule has 0 atom stereocenters. The van der Waals surface area contributed by atoms with Gasteiger partial charge in [0.25, 0.3) is 6.47 Å². The minimum atomic E-state index is 0. The smallest absolute Gasteiger partial charge is 0.293 e. The Balaban J connectivity index is 0.000000490. The van der Waals surface area contributed by atoms with Gasteiger partial charge in [-0.05, 0) is 19.3 Å². The topological polar surface area (TPSA) is 26.3 Å². The van der Waals surface area contributed by atoms with Crippen LogP contribution in [0.2, 0.25) is 0 Å². The zero-order valence-electron chi connectivity index (χ0n) is 4.39. The molecule has 0 aromatic heterocycles. The molecule has 0 N–H and O–H groups in total. The molecule has 1 rings (SSSR count). The summed E-state index contributed by atoms with van der Waals surface area (Å²) in [4.78, 5) is 9.59. The first-order valence-electron chi connectivity index (χ1n) is 2.52. The van der Waals surface area contributed by atoms with Crippen molar-refractivity contribution in [3.05, 3.63) is 0 Å². The van der Waals surface area contributed by atoms with Crippen molar-refractivity contribution < 1.29 is 26.6 Å². The van der Waals surface area contributed by atoms with Gasteiger partial charge in [0.1, 0.15) is 6.10 Å². The van der Waals surface area contributed by atoms with Crippen LogP contribution in [0.15, 0.2) is 0 Å². The van der Waals surface area contributed by atoms with Crippen LogP contribution >= 0.6 is 0 Å². The summed E-state index contributed by atoms with van der Waals surface area (Å²) >= 11 is 0. The standard InChI is InChI=1S/C5H8O2.Cu/c6-4-7-5-2-1-3-5;/h4-5H,1-3H2;. The number of hydrogen-bond donors (Lipinski definition) is 0. The van der Waals surface area contributed by atoms with Gasteiger partial charge >= 0.3 is 0 Å². The second-order valence-electron chi connectivity index (χ2n) is 1.79. The fraction of sp³-hybridized carbons (Fsp3) is 0.800. The molecule has 0 heterocycles. The second-order valence-corrected chi connectivity index (χ2v) is 1.79. The van der Waals surface area contributed by atoms with Gasteiger partial charge in [-0.25, -0.2) is 0 Å². The number of rotatable bonds is 2. The van der Waals surface area contributed by atoms with E-state index in [2.05, 4.69) is 4.74 Å². The van der Waals surface area contributed by atoms with E-state index in [-0.39, 0.29) is 23.2 Å². The van der Waals surface area contributed by atoms with Gasteiger partial charge in [0, 0.05) is 17.1 Å². The summed E-state index contributed by atoms with van der Waals surface area (Å²) in [6, 6.07) is 0. The molecule has 0 aliphatic heterocycles. The molecule has 1 aliphatic carbocycles. The third-order valence-electron chi connectivity index (χ3n) is 1.30. The van der Waals surface area contributed by atoms with E-state index in [0.29, 0.717) is 6.47 Å². The van der Waals surface area contributed by atoms with Crippen LogP contribution in [0.25, 0.3) is 0 Å². The van der Waals surface area contributed by atoms with Crippen LogP contribution in [0.5, 0.6) is 0 Å². The van der Waals surface area contributed by atoms with Crippen LogP contribution in [0.3, 0.4) is 0 Å². The Labute approximate surface area is 59.1 Å². The fourth-order valence-electron chi connectivity index (χ4n) is 0.585. The van der Waals surface area contributed by atoms with E-state index in [1.54, 1.807) is 0 Å². The third kappa shape index (κ3) is 1.85. The van der Waals surface area contributed by atoms with Gasteiger partial charge in [0.05, 0.1) is 0 Å². The van der Waals surface area contributed by atoms with Crippen molar-refractivity contribution in [2.75, 3.05) is 0 Å². The number of carbonyl (C=O) groups excluding carboxylic acids is 1. The van der Waals surface area contributed by atoms with Crippen molar-refractivity contribution in [1.29, 1.82) is 0 Å². The number of hydrogen-bond acceptors (Lipinski definition) is 2. The van der Waals surface area contributed by atoms with E-state index in [9.17, 15) is 4.79 Å². The van der Waals surface area contributed by atoms with Gasteiger partial charge in [0.15, 0.2) is 0 Å². The van der Waals surface area contributed by atoms with Crippen LogP contribution < -0.4 is 0 Å². The molecule has 0 saturated heterocycles. The van der Waals surface area contributed by atoms with E-state index >= 15 is 0 Å². The van der Waals surface area contributed by atoms with Gasteiger partial charge in [-0.2, -0.15) is 0 Å². The van der Waals surface area contributed by atoms with Crippen molar-refractivity contribution in [1.82, 2.24) is 0 Å². The molecule has 0 aromatic rings. The van der Waals surface area contributed by atoms with E-state index in [1.165, 1.54) is 6.42 Å². The van der Waals surface area contributed by atoms with E-state index < -0.39 is 0 Å². The SMILES string of the molecule is O=COC1CCC1.[Cu]. The Morgan fingerprint density at radius 2 is 2.12 bits per heavy atom. The molecule has 3 heteroatoms. The summed E-state index contributed by atoms with van der Waals surface area (Å²) in [6.45, 7) is 0.532. The maximum Gasteiger partial charge on any atom is 0.293 e. The molecule has 1 saturated carbocycles. The molecule has 1 aliphatic rings. The quantitative estimate of drug-likeness (QED) is 0.443. The minimum absolute atomic E-state index is 0. The van der Waals surface area contributed by atoms with Crippen LogP contribution in [0.1, 0.15) is 19.3 Å². The summed E-state index contributed by atoms with van der Waals surface area (Å²) in [5.41, 5.74) is 0. The first-order chi connectivity index (χ1) is 3.43. The molecule has 0 aromatic carbocycles. The van der Waals surface area contributed by atoms with E-state index in [1.807, 2.05) is 0 Å². The van der Waals surface area contributed by atoms with Gasteiger partial charge in [0.2, 0.25) is 0 Å². The summed E-state index contributed by atoms with van der Waals surface area (Å²) in [5, 5.41) is 0. The van der Waals surface area contributed by atoms with Crippen molar-refractivity contribution in [3.63, 3.8) is 0 Å². The Morgan fingerprint density at radius 3 is 2.25 bits per heavy atom. The molecule has 2 nitrogen and oxygen atoms in total. The van der Waals surface area contributed by atoms with Crippen molar-refractivity contribution in [3.8, 4) is 0 Å². The zero-order chi connectivity index (χ0) is 5.11. The Morgan fingerprint density at radius 1 is 1.50 bits per heavy atom. The maximum atomic E-state index is 9.59. The monoisotopic (exact) mass is 163 g/mol. The van der Waals surface area contributed by atoms with Gasteiger partial charge in [-0.15, -0.1) is 0 Å². The first-order valence-corrected chi connectivity index (χ1v) is 2.52. The summed E-state index contributed by atoms with van der Waals surface area (Å²) in [6.07, 6.45) is 3.62. The molecule has 1 radical (unpaired) electrons. The predicted octanol–water partition coefficient (Wildman–Crippen LogP) is 0.709. The van der Waals surface area contributed by atoms with Crippen molar-refractivity contribution >= 4 is 6.47 Å². The molecule has 0 spiro atoms. The predicted molar refractivity (Wildman–Crippen MR) is 24.8 cm³/mol. The maximum absolute atomic E-state index is 9.59. The van der Waals surface area contributed by atoms with Gasteiger partial charge in [-0.3, -0.25) is 4.79 Å². The average molecular weight is 164 g/mol. The molecule has 0 bridgehead atoms. The normalized spacial score (nSPS) is 18.0. The van der Waals surface area contributed by atoms with E-state index in [0.717, 1.165) is 12.8 Å². The van der Waals surface area contributed by atoms with Crippen LogP contribution in [0.4, 0.5) is 0 Å². The van der Waals surface area contributed by atoms with Gasteiger partial charge < -0.3 is 4.74 Å². The van der Waals surface area contributed by atoms with Gasteiger partial charge in [-0.1, -0.05) is 0 Å². The van der Waals surface area contributed by atoms with Crippen LogP contribution in [-0.4, -0.2) is 12.6 Å². The molecule has 8 heavy (non-hydrogen) atoms.